The molecule has 0 spiro atoms. The molecule has 0 aliphatic rings. The van der Waals surface area contributed by atoms with Crippen LogP contribution in [0.15, 0.2) is 18.2 Å². The molecule has 1 atom stereocenters. The van der Waals surface area contributed by atoms with Gasteiger partial charge in [0.1, 0.15) is 5.82 Å². The van der Waals surface area contributed by atoms with E-state index >= 15 is 0 Å². The molecule has 17 heavy (non-hydrogen) atoms. The van der Waals surface area contributed by atoms with Crippen LogP contribution in [0, 0.1) is 5.82 Å². The lowest BCUT2D eigenvalue weighted by atomic mass is 10.1. The van der Waals surface area contributed by atoms with E-state index < -0.39 is 0 Å². The topological polar surface area (TPSA) is 35.5 Å². The molecule has 0 aliphatic heterocycles. The van der Waals surface area contributed by atoms with Crippen molar-refractivity contribution >= 4 is 5.69 Å². The number of benzene rings is 1. The zero-order valence-corrected chi connectivity index (χ0v) is 10.7. The van der Waals surface area contributed by atoms with Gasteiger partial charge in [-0.2, -0.15) is 0 Å². The van der Waals surface area contributed by atoms with Crippen molar-refractivity contribution in [2.75, 3.05) is 25.1 Å². The molecule has 1 unspecified atom stereocenters. The van der Waals surface area contributed by atoms with Crippen LogP contribution in [-0.4, -0.2) is 31.3 Å². The van der Waals surface area contributed by atoms with Crippen molar-refractivity contribution in [1.29, 1.82) is 0 Å². The highest BCUT2D eigenvalue weighted by atomic mass is 19.1. The van der Waals surface area contributed by atoms with E-state index in [0.29, 0.717) is 12.2 Å². The first-order chi connectivity index (χ1) is 8.11. The Kier molecular flexibility index (Phi) is 5.38. The molecule has 0 heterocycles. The molecule has 0 amide bonds. The second-order valence-corrected chi connectivity index (χ2v) is 4.17. The van der Waals surface area contributed by atoms with Gasteiger partial charge in [-0.1, -0.05) is 19.1 Å². The lowest BCUT2D eigenvalue weighted by molar-refractivity contribution is 0.269. The summed E-state index contributed by atoms with van der Waals surface area (Å²) in [5.41, 5.74) is 1.48. The van der Waals surface area contributed by atoms with Gasteiger partial charge < -0.3 is 15.3 Å². The smallest absolute Gasteiger partial charge is 0.146 e. The summed E-state index contributed by atoms with van der Waals surface area (Å²) in [5.74, 6) is -0.247. The van der Waals surface area contributed by atoms with Gasteiger partial charge in [0, 0.05) is 19.6 Å². The maximum atomic E-state index is 13.9. The maximum Gasteiger partial charge on any atom is 0.146 e. The Labute approximate surface area is 102 Å². The molecular weight excluding hydrogens is 219 g/mol. The monoisotopic (exact) mass is 240 g/mol. The predicted octanol–water partition coefficient (Wildman–Crippen LogP) is 1.75. The molecule has 0 saturated carbocycles. The van der Waals surface area contributed by atoms with Gasteiger partial charge in [-0.3, -0.25) is 0 Å². The Morgan fingerprint density at radius 1 is 1.47 bits per heavy atom. The summed E-state index contributed by atoms with van der Waals surface area (Å²) in [6, 6.07) is 4.96. The summed E-state index contributed by atoms with van der Waals surface area (Å²) in [6.07, 6.45) is 0. The molecule has 0 aromatic heterocycles. The summed E-state index contributed by atoms with van der Waals surface area (Å²) >= 11 is 0. The van der Waals surface area contributed by atoms with Gasteiger partial charge in [-0.05, 0) is 25.1 Å². The number of likely N-dealkylation sites (N-methyl/N-ethyl adjacent to an activating group) is 1. The number of nitrogens with one attached hydrogen (secondary N) is 1. The lowest BCUT2D eigenvalue weighted by Crippen LogP contribution is -2.33. The average molecular weight is 240 g/mol. The number of aliphatic hydroxyl groups is 1. The number of hydrogen-bond donors (Lipinski definition) is 2. The first-order valence-electron chi connectivity index (χ1n) is 5.93. The number of halogens is 1. The molecule has 0 fully saturated rings. The van der Waals surface area contributed by atoms with Crippen molar-refractivity contribution in [2.24, 2.45) is 0 Å². The minimum atomic E-state index is -0.247. The Balaban J connectivity index is 3.02. The van der Waals surface area contributed by atoms with Crippen LogP contribution < -0.4 is 10.2 Å². The first kappa shape index (κ1) is 13.9. The highest BCUT2D eigenvalue weighted by Gasteiger charge is 2.16. The SMILES string of the molecule is CCNCc1cccc(F)c1N(C)C(C)CO. The van der Waals surface area contributed by atoms with E-state index in [9.17, 15) is 4.39 Å². The number of para-hydroxylation sites is 1. The molecule has 1 rings (SSSR count). The standard InChI is InChI=1S/C13H21FN2O/c1-4-15-8-11-6-5-7-12(14)13(11)16(3)10(2)9-17/h5-7,10,15,17H,4,8-9H2,1-3H3. The summed E-state index contributed by atoms with van der Waals surface area (Å²) in [6.45, 7) is 5.36. The molecule has 3 nitrogen and oxygen atoms in total. The van der Waals surface area contributed by atoms with Gasteiger partial charge in [0.2, 0.25) is 0 Å². The normalized spacial score (nSPS) is 12.5. The Morgan fingerprint density at radius 2 is 2.18 bits per heavy atom. The molecule has 0 radical (unpaired) electrons. The van der Waals surface area contributed by atoms with E-state index in [1.54, 1.807) is 18.0 Å². The van der Waals surface area contributed by atoms with E-state index in [1.807, 2.05) is 19.9 Å². The van der Waals surface area contributed by atoms with E-state index in [1.165, 1.54) is 6.07 Å². The highest BCUT2D eigenvalue weighted by Crippen LogP contribution is 2.25. The van der Waals surface area contributed by atoms with Crippen LogP contribution in [0.4, 0.5) is 10.1 Å². The second-order valence-electron chi connectivity index (χ2n) is 4.17. The van der Waals surface area contributed by atoms with Gasteiger partial charge in [0.15, 0.2) is 0 Å². The highest BCUT2D eigenvalue weighted by molar-refractivity contribution is 5.55. The Morgan fingerprint density at radius 3 is 2.76 bits per heavy atom. The molecule has 96 valence electrons. The number of hydrogen-bond acceptors (Lipinski definition) is 3. The Hall–Kier alpha value is -1.13. The van der Waals surface area contributed by atoms with Crippen LogP contribution in [-0.2, 0) is 6.54 Å². The van der Waals surface area contributed by atoms with Crippen molar-refractivity contribution < 1.29 is 9.50 Å². The summed E-state index contributed by atoms with van der Waals surface area (Å²) < 4.78 is 13.9. The third kappa shape index (κ3) is 3.41. The zero-order chi connectivity index (χ0) is 12.8. The molecule has 1 aromatic carbocycles. The summed E-state index contributed by atoms with van der Waals surface area (Å²) in [7, 11) is 1.80. The quantitative estimate of drug-likeness (QED) is 0.795. The predicted molar refractivity (Wildman–Crippen MR) is 68.7 cm³/mol. The molecule has 0 bridgehead atoms. The molecule has 2 N–H and O–H groups in total. The van der Waals surface area contributed by atoms with Gasteiger partial charge in [0.05, 0.1) is 12.3 Å². The van der Waals surface area contributed by atoms with Crippen molar-refractivity contribution in [3.05, 3.63) is 29.6 Å². The van der Waals surface area contributed by atoms with Crippen molar-refractivity contribution in [3.8, 4) is 0 Å². The van der Waals surface area contributed by atoms with Crippen molar-refractivity contribution in [3.63, 3.8) is 0 Å². The Bertz CT molecular complexity index is 357. The van der Waals surface area contributed by atoms with Crippen LogP contribution in [0.2, 0.25) is 0 Å². The van der Waals surface area contributed by atoms with E-state index in [2.05, 4.69) is 5.32 Å². The van der Waals surface area contributed by atoms with Crippen LogP contribution in [0.1, 0.15) is 19.4 Å². The fraction of sp³-hybridized carbons (Fsp3) is 0.538. The molecular formula is C13H21FN2O. The van der Waals surface area contributed by atoms with Gasteiger partial charge in [-0.25, -0.2) is 4.39 Å². The van der Waals surface area contributed by atoms with Gasteiger partial charge in [0.25, 0.3) is 0 Å². The van der Waals surface area contributed by atoms with E-state index in [-0.39, 0.29) is 18.5 Å². The van der Waals surface area contributed by atoms with Crippen LogP contribution in [0.5, 0.6) is 0 Å². The van der Waals surface area contributed by atoms with Gasteiger partial charge >= 0.3 is 0 Å². The van der Waals surface area contributed by atoms with E-state index in [0.717, 1.165) is 12.1 Å². The minimum absolute atomic E-state index is 0.00544. The third-order valence-corrected chi connectivity index (χ3v) is 2.91. The largest absolute Gasteiger partial charge is 0.394 e. The van der Waals surface area contributed by atoms with Crippen LogP contribution in [0.3, 0.4) is 0 Å². The number of aliphatic hydroxyl groups excluding tert-OH is 1. The fourth-order valence-electron chi connectivity index (χ4n) is 1.70. The number of rotatable bonds is 6. The van der Waals surface area contributed by atoms with Gasteiger partial charge in [-0.15, -0.1) is 0 Å². The molecule has 4 heteroatoms. The molecule has 0 saturated heterocycles. The van der Waals surface area contributed by atoms with Crippen molar-refractivity contribution in [2.45, 2.75) is 26.4 Å². The summed E-state index contributed by atoms with van der Waals surface area (Å²) in [4.78, 5) is 1.78. The number of nitrogens with zero attached hydrogens (tertiary/aromatic N) is 1. The molecule has 0 aliphatic carbocycles. The lowest BCUT2D eigenvalue weighted by Gasteiger charge is -2.28. The van der Waals surface area contributed by atoms with Crippen molar-refractivity contribution in [1.82, 2.24) is 5.32 Å². The third-order valence-electron chi connectivity index (χ3n) is 2.91. The minimum Gasteiger partial charge on any atom is -0.394 e. The van der Waals surface area contributed by atoms with Crippen LogP contribution >= 0.6 is 0 Å². The second kappa shape index (κ2) is 6.57. The number of anilines is 1. The first-order valence-corrected chi connectivity index (χ1v) is 5.93. The fourth-order valence-corrected chi connectivity index (χ4v) is 1.70. The maximum absolute atomic E-state index is 13.9. The zero-order valence-electron chi connectivity index (χ0n) is 10.7. The summed E-state index contributed by atoms with van der Waals surface area (Å²) in [5, 5.41) is 12.3. The van der Waals surface area contributed by atoms with E-state index in [4.69, 9.17) is 5.11 Å². The average Bonchev–Trinajstić information content (AvgIpc) is 2.34. The van der Waals surface area contributed by atoms with Crippen LogP contribution in [0.25, 0.3) is 0 Å². The molecule has 1 aromatic rings.